The minimum Gasteiger partial charge on any atom is -0.324 e. The van der Waals surface area contributed by atoms with Crippen molar-refractivity contribution in [3.05, 3.63) is 40.2 Å². The van der Waals surface area contributed by atoms with Gasteiger partial charge in [-0.05, 0) is 13.8 Å². The number of nitrogens with zero attached hydrogens (tertiary/aromatic N) is 4. The molecule has 0 aliphatic rings. The monoisotopic (exact) mass is 261 g/mol. The van der Waals surface area contributed by atoms with Gasteiger partial charge in [0.2, 0.25) is 0 Å². The zero-order chi connectivity index (χ0) is 14.0. The summed E-state index contributed by atoms with van der Waals surface area (Å²) in [5.74, 6) is 1.26. The van der Waals surface area contributed by atoms with Crippen LogP contribution >= 0.6 is 0 Å². The molecule has 0 amide bonds. The Kier molecular flexibility index (Phi) is 3.57. The van der Waals surface area contributed by atoms with Crippen LogP contribution in [0.4, 0.5) is 5.69 Å². The standard InChI is InChI=1S/C12H15N5O2/c1-8(2)16-11(7-13)14-15-12(16)9-4-3-5-10(6-9)17(18)19/h3-6,8H,7,13H2,1-2H3. The first-order valence-electron chi connectivity index (χ1n) is 5.93. The lowest BCUT2D eigenvalue weighted by Crippen LogP contribution is -2.11. The summed E-state index contributed by atoms with van der Waals surface area (Å²) in [6.45, 7) is 4.26. The minimum absolute atomic E-state index is 0.0325. The van der Waals surface area contributed by atoms with Gasteiger partial charge in [-0.25, -0.2) is 0 Å². The molecular formula is C12H15N5O2. The number of hydrogen-bond acceptors (Lipinski definition) is 5. The van der Waals surface area contributed by atoms with E-state index in [4.69, 9.17) is 5.73 Å². The third kappa shape index (κ3) is 2.45. The van der Waals surface area contributed by atoms with Gasteiger partial charge in [0.05, 0.1) is 11.5 Å². The van der Waals surface area contributed by atoms with E-state index in [0.717, 1.165) is 0 Å². The lowest BCUT2D eigenvalue weighted by Gasteiger charge is -2.13. The van der Waals surface area contributed by atoms with Crippen LogP contribution < -0.4 is 5.73 Å². The highest BCUT2D eigenvalue weighted by molar-refractivity contribution is 5.59. The van der Waals surface area contributed by atoms with Gasteiger partial charge in [-0.2, -0.15) is 0 Å². The Labute approximate surface area is 110 Å². The molecule has 100 valence electrons. The van der Waals surface area contributed by atoms with Crippen molar-refractivity contribution in [2.45, 2.75) is 26.4 Å². The summed E-state index contributed by atoms with van der Waals surface area (Å²) in [6, 6.07) is 6.47. The summed E-state index contributed by atoms with van der Waals surface area (Å²) in [7, 11) is 0. The highest BCUT2D eigenvalue weighted by Gasteiger charge is 2.17. The third-order valence-corrected chi connectivity index (χ3v) is 2.78. The fourth-order valence-corrected chi connectivity index (χ4v) is 1.96. The van der Waals surface area contributed by atoms with E-state index < -0.39 is 4.92 Å². The van der Waals surface area contributed by atoms with Gasteiger partial charge in [0, 0.05) is 23.7 Å². The molecule has 0 bridgehead atoms. The number of nitro groups is 1. The minimum atomic E-state index is -0.427. The van der Waals surface area contributed by atoms with E-state index >= 15 is 0 Å². The van der Waals surface area contributed by atoms with E-state index in [9.17, 15) is 10.1 Å². The molecular weight excluding hydrogens is 246 g/mol. The number of nitrogens with two attached hydrogens (primary N) is 1. The van der Waals surface area contributed by atoms with E-state index in [1.165, 1.54) is 12.1 Å². The molecule has 2 N–H and O–H groups in total. The molecule has 7 nitrogen and oxygen atoms in total. The van der Waals surface area contributed by atoms with Gasteiger partial charge in [0.25, 0.3) is 5.69 Å². The van der Waals surface area contributed by atoms with Crippen molar-refractivity contribution < 1.29 is 4.92 Å². The molecule has 1 heterocycles. The zero-order valence-corrected chi connectivity index (χ0v) is 10.8. The van der Waals surface area contributed by atoms with Gasteiger partial charge < -0.3 is 10.3 Å². The number of non-ortho nitro benzene ring substituents is 1. The Hall–Kier alpha value is -2.28. The topological polar surface area (TPSA) is 99.9 Å². The number of rotatable bonds is 4. The molecule has 0 radical (unpaired) electrons. The second-order valence-electron chi connectivity index (χ2n) is 4.42. The maximum absolute atomic E-state index is 10.8. The smallest absolute Gasteiger partial charge is 0.270 e. The number of hydrogen-bond donors (Lipinski definition) is 1. The van der Waals surface area contributed by atoms with E-state index in [2.05, 4.69) is 10.2 Å². The molecule has 19 heavy (non-hydrogen) atoms. The van der Waals surface area contributed by atoms with Gasteiger partial charge in [0.1, 0.15) is 5.82 Å². The lowest BCUT2D eigenvalue weighted by atomic mass is 10.2. The summed E-state index contributed by atoms with van der Waals surface area (Å²) in [5, 5.41) is 18.9. The van der Waals surface area contributed by atoms with E-state index in [0.29, 0.717) is 17.2 Å². The number of nitro benzene ring substituents is 1. The first-order valence-corrected chi connectivity index (χ1v) is 5.93. The Balaban J connectivity index is 2.55. The van der Waals surface area contributed by atoms with E-state index in [-0.39, 0.29) is 18.3 Å². The highest BCUT2D eigenvalue weighted by Crippen LogP contribution is 2.25. The van der Waals surface area contributed by atoms with Crippen molar-refractivity contribution in [1.82, 2.24) is 14.8 Å². The molecule has 1 aromatic carbocycles. The van der Waals surface area contributed by atoms with Gasteiger partial charge in [-0.1, -0.05) is 12.1 Å². The predicted molar refractivity (Wildman–Crippen MR) is 70.4 cm³/mol. The molecule has 0 aliphatic carbocycles. The number of aromatic nitrogens is 3. The Morgan fingerprint density at radius 1 is 1.42 bits per heavy atom. The average Bonchev–Trinajstić information content (AvgIpc) is 2.82. The second kappa shape index (κ2) is 5.15. The van der Waals surface area contributed by atoms with Crippen molar-refractivity contribution in [1.29, 1.82) is 0 Å². The maximum Gasteiger partial charge on any atom is 0.270 e. The summed E-state index contributed by atoms with van der Waals surface area (Å²) < 4.78 is 1.89. The van der Waals surface area contributed by atoms with E-state index in [1.54, 1.807) is 12.1 Å². The van der Waals surface area contributed by atoms with E-state index in [1.807, 2.05) is 18.4 Å². The van der Waals surface area contributed by atoms with Gasteiger partial charge in [-0.3, -0.25) is 10.1 Å². The second-order valence-corrected chi connectivity index (χ2v) is 4.42. The molecule has 2 rings (SSSR count). The molecule has 0 unspecified atom stereocenters. The van der Waals surface area contributed by atoms with Crippen LogP contribution in [0.25, 0.3) is 11.4 Å². The summed E-state index contributed by atoms with van der Waals surface area (Å²) in [6.07, 6.45) is 0. The molecule has 0 aliphatic heterocycles. The van der Waals surface area contributed by atoms with Crippen LogP contribution in [0.3, 0.4) is 0 Å². The van der Waals surface area contributed by atoms with Crippen molar-refractivity contribution >= 4 is 5.69 Å². The normalized spacial score (nSPS) is 10.9. The average molecular weight is 261 g/mol. The third-order valence-electron chi connectivity index (χ3n) is 2.78. The SMILES string of the molecule is CC(C)n1c(CN)nnc1-c1cccc([N+](=O)[O-])c1. The molecule has 0 spiro atoms. The van der Waals surface area contributed by atoms with Crippen molar-refractivity contribution in [2.24, 2.45) is 5.73 Å². The first kappa shape index (κ1) is 13.2. The molecule has 7 heteroatoms. The Morgan fingerprint density at radius 3 is 2.74 bits per heavy atom. The molecule has 0 fully saturated rings. The quantitative estimate of drug-likeness (QED) is 0.669. The van der Waals surface area contributed by atoms with Crippen LogP contribution in [0.1, 0.15) is 25.7 Å². The highest BCUT2D eigenvalue weighted by atomic mass is 16.6. The van der Waals surface area contributed by atoms with Crippen LogP contribution in [0.5, 0.6) is 0 Å². The largest absolute Gasteiger partial charge is 0.324 e. The molecule has 1 aromatic heterocycles. The molecule has 0 saturated heterocycles. The van der Waals surface area contributed by atoms with Gasteiger partial charge in [-0.15, -0.1) is 10.2 Å². The van der Waals surface area contributed by atoms with Crippen LogP contribution in [-0.4, -0.2) is 19.7 Å². The van der Waals surface area contributed by atoms with Gasteiger partial charge in [0.15, 0.2) is 5.82 Å². The molecule has 0 atom stereocenters. The maximum atomic E-state index is 10.8. The van der Waals surface area contributed by atoms with Crippen LogP contribution in [0, 0.1) is 10.1 Å². The Morgan fingerprint density at radius 2 is 2.16 bits per heavy atom. The van der Waals surface area contributed by atoms with Crippen LogP contribution in [0.2, 0.25) is 0 Å². The molecule has 2 aromatic rings. The number of benzene rings is 1. The van der Waals surface area contributed by atoms with Crippen molar-refractivity contribution in [3.63, 3.8) is 0 Å². The zero-order valence-electron chi connectivity index (χ0n) is 10.8. The van der Waals surface area contributed by atoms with Gasteiger partial charge >= 0.3 is 0 Å². The predicted octanol–water partition coefficient (Wildman–Crippen LogP) is 1.89. The Bertz CT molecular complexity index is 606. The summed E-state index contributed by atoms with van der Waals surface area (Å²) >= 11 is 0. The fourth-order valence-electron chi connectivity index (χ4n) is 1.96. The van der Waals surface area contributed by atoms with Crippen molar-refractivity contribution in [2.75, 3.05) is 0 Å². The van der Waals surface area contributed by atoms with Crippen LogP contribution in [0.15, 0.2) is 24.3 Å². The molecule has 0 saturated carbocycles. The fraction of sp³-hybridized carbons (Fsp3) is 0.333. The van der Waals surface area contributed by atoms with Crippen LogP contribution in [-0.2, 0) is 6.54 Å². The lowest BCUT2D eigenvalue weighted by molar-refractivity contribution is -0.384. The summed E-state index contributed by atoms with van der Waals surface area (Å²) in [4.78, 5) is 10.4. The van der Waals surface area contributed by atoms with Crippen molar-refractivity contribution in [3.8, 4) is 11.4 Å². The summed E-state index contributed by atoms with van der Waals surface area (Å²) in [5.41, 5.74) is 6.32. The first-order chi connectivity index (χ1) is 9.04.